The van der Waals surface area contributed by atoms with E-state index in [4.69, 9.17) is 0 Å². The van der Waals surface area contributed by atoms with Gasteiger partial charge in [0.1, 0.15) is 5.82 Å². The van der Waals surface area contributed by atoms with Crippen LogP contribution in [0.2, 0.25) is 0 Å². The Labute approximate surface area is 151 Å². The summed E-state index contributed by atoms with van der Waals surface area (Å²) in [5.41, 5.74) is 0.678. The fourth-order valence-corrected chi connectivity index (χ4v) is 3.47. The van der Waals surface area contributed by atoms with E-state index in [1.807, 2.05) is 30.0 Å². The van der Waals surface area contributed by atoms with Gasteiger partial charge in [0.2, 0.25) is 0 Å². The summed E-state index contributed by atoms with van der Waals surface area (Å²) in [7, 11) is 3.82. The second-order valence-electron chi connectivity index (χ2n) is 5.81. The van der Waals surface area contributed by atoms with Crippen molar-refractivity contribution in [3.63, 3.8) is 0 Å². The monoisotopic (exact) mass is 410 g/mol. The Morgan fingerprint density at radius 3 is 2.45 bits per heavy atom. The number of amides is 1. The first-order chi connectivity index (χ1) is 9.56. The summed E-state index contributed by atoms with van der Waals surface area (Å²) in [5, 5.41) is 3.40. The number of hydrogen-bond acceptors (Lipinski definition) is 4. The lowest BCUT2D eigenvalue weighted by atomic mass is 10.0. The number of likely N-dealkylation sites (tertiary alicyclic amines) is 1. The normalized spacial score (nSPS) is 22.6. The Balaban J connectivity index is 0.00000121. The van der Waals surface area contributed by atoms with Gasteiger partial charge in [-0.1, -0.05) is 0 Å². The number of carbonyl (C=O) groups excluding carboxylic acids is 1. The van der Waals surface area contributed by atoms with Crippen molar-refractivity contribution in [2.24, 2.45) is 11.8 Å². The summed E-state index contributed by atoms with van der Waals surface area (Å²) in [6.45, 7) is 3.78. The third kappa shape index (κ3) is 3.67. The van der Waals surface area contributed by atoms with Gasteiger partial charge >= 0.3 is 0 Å². The maximum Gasteiger partial charge on any atom is 0.257 e. The summed E-state index contributed by atoms with van der Waals surface area (Å²) in [6, 6.07) is 1.87. The zero-order chi connectivity index (χ0) is 14.3. The van der Waals surface area contributed by atoms with Crippen molar-refractivity contribution in [2.45, 2.75) is 0 Å². The van der Waals surface area contributed by atoms with Gasteiger partial charge in [-0.3, -0.25) is 4.79 Å². The second kappa shape index (κ2) is 7.81. The summed E-state index contributed by atoms with van der Waals surface area (Å²) < 4.78 is 0.840. The van der Waals surface area contributed by atoms with Gasteiger partial charge in [-0.2, -0.15) is 0 Å². The molecule has 2 saturated heterocycles. The highest BCUT2D eigenvalue weighted by atomic mass is 79.9. The van der Waals surface area contributed by atoms with E-state index in [0.29, 0.717) is 17.4 Å². The molecule has 3 rings (SSSR count). The quantitative estimate of drug-likeness (QED) is 0.808. The van der Waals surface area contributed by atoms with Crippen LogP contribution in [0.4, 0.5) is 5.82 Å². The molecule has 2 fully saturated rings. The third-order valence-corrected chi connectivity index (χ3v) is 4.60. The first kappa shape index (κ1) is 19.5. The predicted octanol–water partition coefficient (Wildman–Crippen LogP) is 2.05. The van der Waals surface area contributed by atoms with Gasteiger partial charge in [-0.25, -0.2) is 4.98 Å². The predicted molar refractivity (Wildman–Crippen MR) is 96.5 cm³/mol. The van der Waals surface area contributed by atoms with Crippen molar-refractivity contribution in [1.82, 2.24) is 15.2 Å². The van der Waals surface area contributed by atoms with E-state index < -0.39 is 0 Å². The number of nitrogens with zero attached hydrogens (tertiary/aromatic N) is 3. The molecule has 1 aromatic heterocycles. The summed E-state index contributed by atoms with van der Waals surface area (Å²) >= 11 is 3.41. The molecule has 0 aliphatic carbocycles. The highest BCUT2D eigenvalue weighted by molar-refractivity contribution is 9.10. The number of pyridine rings is 1. The Morgan fingerprint density at radius 2 is 1.91 bits per heavy atom. The molecule has 124 valence electrons. The minimum atomic E-state index is 0. The topological polar surface area (TPSA) is 48.5 Å². The molecule has 0 aromatic carbocycles. The van der Waals surface area contributed by atoms with Gasteiger partial charge in [0.25, 0.3) is 5.91 Å². The van der Waals surface area contributed by atoms with Gasteiger partial charge in [0, 0.05) is 50.9 Å². The smallest absolute Gasteiger partial charge is 0.257 e. The van der Waals surface area contributed by atoms with Crippen LogP contribution in [0.3, 0.4) is 0 Å². The molecular weight excluding hydrogens is 391 g/mol. The zero-order valence-electron chi connectivity index (χ0n) is 12.6. The van der Waals surface area contributed by atoms with Crippen molar-refractivity contribution in [3.8, 4) is 0 Å². The minimum Gasteiger partial charge on any atom is -0.362 e. The molecule has 5 nitrogen and oxygen atoms in total. The van der Waals surface area contributed by atoms with Crippen LogP contribution in [-0.4, -0.2) is 56.1 Å². The van der Waals surface area contributed by atoms with Gasteiger partial charge in [0.15, 0.2) is 0 Å². The minimum absolute atomic E-state index is 0. The van der Waals surface area contributed by atoms with E-state index in [9.17, 15) is 4.79 Å². The largest absolute Gasteiger partial charge is 0.362 e. The van der Waals surface area contributed by atoms with E-state index >= 15 is 0 Å². The molecule has 0 radical (unpaired) electrons. The number of hydrogen-bond donors (Lipinski definition) is 1. The van der Waals surface area contributed by atoms with Gasteiger partial charge < -0.3 is 15.1 Å². The molecule has 8 heteroatoms. The molecule has 1 amide bonds. The third-order valence-electron chi connectivity index (χ3n) is 4.16. The van der Waals surface area contributed by atoms with Crippen LogP contribution in [0.15, 0.2) is 16.7 Å². The fourth-order valence-electron chi connectivity index (χ4n) is 3.14. The Morgan fingerprint density at radius 1 is 1.32 bits per heavy atom. The lowest BCUT2D eigenvalue weighted by Crippen LogP contribution is -2.33. The number of anilines is 1. The first-order valence-electron chi connectivity index (χ1n) is 6.89. The number of fused-ring (bicyclic) bond motifs is 1. The molecule has 0 spiro atoms. The molecule has 22 heavy (non-hydrogen) atoms. The van der Waals surface area contributed by atoms with Crippen LogP contribution in [-0.2, 0) is 0 Å². The molecule has 2 aliphatic heterocycles. The van der Waals surface area contributed by atoms with E-state index in [0.717, 1.165) is 36.5 Å². The molecule has 1 N–H and O–H groups in total. The molecule has 0 unspecified atom stereocenters. The molecule has 0 saturated carbocycles. The Kier molecular flexibility index (Phi) is 6.92. The molecule has 0 bridgehead atoms. The van der Waals surface area contributed by atoms with Crippen LogP contribution in [0.25, 0.3) is 0 Å². The van der Waals surface area contributed by atoms with Crippen molar-refractivity contribution >= 4 is 52.5 Å². The van der Waals surface area contributed by atoms with Crippen molar-refractivity contribution < 1.29 is 4.79 Å². The molecule has 2 atom stereocenters. The Bertz CT molecular complexity index is 532. The maximum atomic E-state index is 12.8. The molecular formula is C14H21BrCl2N4O. The summed E-state index contributed by atoms with van der Waals surface area (Å²) in [4.78, 5) is 21.0. The van der Waals surface area contributed by atoms with E-state index in [-0.39, 0.29) is 30.7 Å². The SMILES string of the molecule is CN(C)c1ncc(Br)cc1C(=O)N1C[C@H]2CNC[C@H]2C1.Cl.Cl. The highest BCUT2D eigenvalue weighted by Crippen LogP contribution is 2.29. The lowest BCUT2D eigenvalue weighted by Gasteiger charge is -2.21. The molecule has 2 aliphatic rings. The number of aromatic nitrogens is 1. The fraction of sp³-hybridized carbons (Fsp3) is 0.571. The second-order valence-corrected chi connectivity index (χ2v) is 6.72. The van der Waals surface area contributed by atoms with Gasteiger partial charge in [-0.05, 0) is 33.8 Å². The zero-order valence-corrected chi connectivity index (χ0v) is 15.8. The van der Waals surface area contributed by atoms with Crippen LogP contribution < -0.4 is 10.2 Å². The average molecular weight is 412 g/mol. The maximum absolute atomic E-state index is 12.8. The van der Waals surface area contributed by atoms with Crippen LogP contribution in [0.5, 0.6) is 0 Å². The first-order valence-corrected chi connectivity index (χ1v) is 7.68. The van der Waals surface area contributed by atoms with Crippen LogP contribution >= 0.6 is 40.7 Å². The highest BCUT2D eigenvalue weighted by Gasteiger charge is 2.38. The van der Waals surface area contributed by atoms with Crippen molar-refractivity contribution in [3.05, 3.63) is 22.3 Å². The lowest BCUT2D eigenvalue weighted by molar-refractivity contribution is 0.0782. The number of halogens is 3. The molecule has 1 aromatic rings. The van der Waals surface area contributed by atoms with E-state index in [1.165, 1.54) is 0 Å². The standard InChI is InChI=1S/C14H19BrN4O.2ClH/c1-18(2)13-12(3-11(15)6-17-13)14(20)19-7-9-4-16-5-10(9)8-19;;/h3,6,9-10,16H,4-5,7-8H2,1-2H3;2*1H/t9-,10+;;. The Hall–Kier alpha value is -0.560. The summed E-state index contributed by atoms with van der Waals surface area (Å²) in [6.07, 6.45) is 1.73. The van der Waals surface area contributed by atoms with Crippen molar-refractivity contribution in [2.75, 3.05) is 45.2 Å². The summed E-state index contributed by atoms with van der Waals surface area (Å²) in [5.74, 6) is 2.05. The van der Waals surface area contributed by atoms with E-state index in [2.05, 4.69) is 26.2 Å². The van der Waals surface area contributed by atoms with Gasteiger partial charge in [-0.15, -0.1) is 24.8 Å². The molecule has 3 heterocycles. The number of nitrogens with one attached hydrogen (secondary N) is 1. The van der Waals surface area contributed by atoms with E-state index in [1.54, 1.807) is 6.20 Å². The van der Waals surface area contributed by atoms with Crippen LogP contribution in [0.1, 0.15) is 10.4 Å². The van der Waals surface area contributed by atoms with Crippen LogP contribution in [0, 0.1) is 11.8 Å². The van der Waals surface area contributed by atoms with Gasteiger partial charge in [0.05, 0.1) is 5.56 Å². The number of rotatable bonds is 2. The number of carbonyl (C=O) groups is 1. The average Bonchev–Trinajstić information content (AvgIpc) is 2.97. The van der Waals surface area contributed by atoms with Crippen molar-refractivity contribution in [1.29, 1.82) is 0 Å².